The van der Waals surface area contributed by atoms with Crippen LogP contribution in [0.1, 0.15) is 0 Å². The summed E-state index contributed by atoms with van der Waals surface area (Å²) in [4.78, 5) is 10.5. The van der Waals surface area contributed by atoms with Gasteiger partial charge in [-0.05, 0) is 71.8 Å². The van der Waals surface area contributed by atoms with Gasteiger partial charge in [-0.2, -0.15) is 0 Å². The maximum Gasteiger partial charge on any atom is 0.235 e. The van der Waals surface area contributed by atoms with E-state index in [2.05, 4.69) is 179 Å². The van der Waals surface area contributed by atoms with Crippen molar-refractivity contribution in [1.82, 2.24) is 19.1 Å². The second-order valence-corrected chi connectivity index (χ2v) is 14.6. The quantitative estimate of drug-likeness (QED) is 0.177. The number of fused-ring (bicyclic) bond motifs is 9. The first kappa shape index (κ1) is 31.6. The van der Waals surface area contributed by atoms with Gasteiger partial charge < -0.3 is 8.98 Å². The fourth-order valence-corrected chi connectivity index (χ4v) is 8.80. The monoisotopic (exact) mass is 728 g/mol. The number of benzene rings is 8. The van der Waals surface area contributed by atoms with Crippen LogP contribution in [0.2, 0.25) is 0 Å². The standard InChI is InChI=1S/C52H32N4O/c1-3-14-33(15-4-1)43-32-44(34-16-5-2-6-17-34)54-52(53-43)56-46-23-11-8-20-40(46)51-37(21-13-24-48(51)56)35-26-28-47-41(30-35)38-18-7-10-22-45(38)55(47)36-27-29-50-42(31-36)39-19-9-12-25-49(39)57-50/h1-32H. The van der Waals surface area contributed by atoms with E-state index in [1.54, 1.807) is 0 Å². The third kappa shape index (κ3) is 4.89. The van der Waals surface area contributed by atoms with Crippen molar-refractivity contribution >= 4 is 65.6 Å². The van der Waals surface area contributed by atoms with Crippen LogP contribution in [-0.4, -0.2) is 19.1 Å². The van der Waals surface area contributed by atoms with Gasteiger partial charge in [-0.3, -0.25) is 4.57 Å². The van der Waals surface area contributed by atoms with E-state index >= 15 is 0 Å². The van der Waals surface area contributed by atoms with Crippen molar-refractivity contribution < 1.29 is 4.42 Å². The molecule has 0 saturated carbocycles. The Morgan fingerprint density at radius 3 is 1.70 bits per heavy atom. The van der Waals surface area contributed by atoms with E-state index in [0.29, 0.717) is 5.95 Å². The molecule has 57 heavy (non-hydrogen) atoms. The molecule has 0 N–H and O–H groups in total. The zero-order chi connectivity index (χ0) is 37.5. The van der Waals surface area contributed by atoms with Crippen molar-refractivity contribution in [1.29, 1.82) is 0 Å². The Labute approximate surface area is 327 Å². The topological polar surface area (TPSA) is 48.8 Å². The molecule has 0 aliphatic carbocycles. The van der Waals surface area contributed by atoms with Crippen molar-refractivity contribution in [3.8, 4) is 45.3 Å². The van der Waals surface area contributed by atoms with Gasteiger partial charge in [0.25, 0.3) is 0 Å². The van der Waals surface area contributed by atoms with Gasteiger partial charge in [0.1, 0.15) is 11.2 Å². The summed E-state index contributed by atoms with van der Waals surface area (Å²) in [6.45, 7) is 0. The Morgan fingerprint density at radius 2 is 0.947 bits per heavy atom. The molecule has 266 valence electrons. The highest BCUT2D eigenvalue weighted by atomic mass is 16.3. The van der Waals surface area contributed by atoms with Gasteiger partial charge in [0.15, 0.2) is 0 Å². The lowest BCUT2D eigenvalue weighted by Gasteiger charge is -2.12. The average molecular weight is 729 g/mol. The summed E-state index contributed by atoms with van der Waals surface area (Å²) in [5.74, 6) is 0.638. The minimum atomic E-state index is 0.638. The molecule has 0 atom stereocenters. The summed E-state index contributed by atoms with van der Waals surface area (Å²) in [7, 11) is 0. The van der Waals surface area contributed by atoms with Crippen LogP contribution < -0.4 is 0 Å². The molecule has 0 aliphatic rings. The summed E-state index contributed by atoms with van der Waals surface area (Å²) in [5, 5.41) is 6.97. The van der Waals surface area contributed by atoms with Crippen LogP contribution in [0.15, 0.2) is 199 Å². The summed E-state index contributed by atoms with van der Waals surface area (Å²) in [6.07, 6.45) is 0. The van der Waals surface area contributed by atoms with Gasteiger partial charge in [0.05, 0.1) is 33.5 Å². The number of nitrogens with zero attached hydrogens (tertiary/aromatic N) is 4. The van der Waals surface area contributed by atoms with Crippen LogP contribution in [0.3, 0.4) is 0 Å². The highest BCUT2D eigenvalue weighted by Crippen LogP contribution is 2.42. The molecule has 5 nitrogen and oxygen atoms in total. The Balaban J connectivity index is 1.08. The van der Waals surface area contributed by atoms with E-state index in [0.717, 1.165) is 88.7 Å². The number of hydrogen-bond acceptors (Lipinski definition) is 3. The molecular formula is C52H32N4O. The largest absolute Gasteiger partial charge is 0.456 e. The van der Waals surface area contributed by atoms with E-state index in [1.165, 1.54) is 16.2 Å². The number of para-hydroxylation sites is 3. The molecule has 4 heterocycles. The van der Waals surface area contributed by atoms with Crippen LogP contribution in [0.25, 0.3) is 111 Å². The van der Waals surface area contributed by atoms with E-state index < -0.39 is 0 Å². The zero-order valence-corrected chi connectivity index (χ0v) is 30.7. The van der Waals surface area contributed by atoms with Crippen molar-refractivity contribution in [2.24, 2.45) is 0 Å². The molecule has 5 heteroatoms. The molecule has 4 aromatic heterocycles. The van der Waals surface area contributed by atoms with Gasteiger partial charge in [-0.15, -0.1) is 0 Å². The molecule has 0 bridgehead atoms. The normalized spacial score (nSPS) is 11.9. The predicted molar refractivity (Wildman–Crippen MR) is 234 cm³/mol. The average Bonchev–Trinajstić information content (AvgIpc) is 3.94. The van der Waals surface area contributed by atoms with Gasteiger partial charge in [0, 0.05) is 49.1 Å². The number of rotatable bonds is 5. The third-order valence-electron chi connectivity index (χ3n) is 11.4. The predicted octanol–water partition coefficient (Wildman–Crippen LogP) is 13.6. The molecule has 0 spiro atoms. The fraction of sp³-hybridized carbons (Fsp3) is 0. The maximum atomic E-state index is 6.19. The second-order valence-electron chi connectivity index (χ2n) is 14.6. The summed E-state index contributed by atoms with van der Waals surface area (Å²) >= 11 is 0. The summed E-state index contributed by atoms with van der Waals surface area (Å²) in [5.41, 5.74) is 13.5. The van der Waals surface area contributed by atoms with Crippen molar-refractivity contribution in [2.75, 3.05) is 0 Å². The Kier molecular flexibility index (Phi) is 6.86. The highest BCUT2D eigenvalue weighted by molar-refractivity contribution is 6.17. The molecule has 0 amide bonds. The molecule has 0 saturated heterocycles. The van der Waals surface area contributed by atoms with E-state index in [-0.39, 0.29) is 0 Å². The van der Waals surface area contributed by atoms with Gasteiger partial charge in [0.2, 0.25) is 5.95 Å². The second kappa shape index (κ2) is 12.4. The van der Waals surface area contributed by atoms with Crippen LogP contribution in [-0.2, 0) is 0 Å². The van der Waals surface area contributed by atoms with E-state index in [9.17, 15) is 0 Å². The molecule has 0 radical (unpaired) electrons. The lowest BCUT2D eigenvalue weighted by molar-refractivity contribution is 0.669. The van der Waals surface area contributed by atoms with E-state index in [1.807, 2.05) is 24.3 Å². The van der Waals surface area contributed by atoms with Crippen LogP contribution in [0.5, 0.6) is 0 Å². The zero-order valence-electron chi connectivity index (χ0n) is 30.7. The molecular weight excluding hydrogens is 697 g/mol. The maximum absolute atomic E-state index is 6.19. The number of hydrogen-bond donors (Lipinski definition) is 0. The fourth-order valence-electron chi connectivity index (χ4n) is 8.80. The SMILES string of the molecule is c1ccc(-c2cc(-c3ccccc3)nc(-n3c4ccccc4c4c(-c5ccc6c(c5)c5ccccc5n6-c5ccc6oc7ccccc7c6c5)cccc43)n2)cc1. The van der Waals surface area contributed by atoms with Crippen molar-refractivity contribution in [3.63, 3.8) is 0 Å². The highest BCUT2D eigenvalue weighted by Gasteiger charge is 2.21. The van der Waals surface area contributed by atoms with Crippen molar-refractivity contribution in [3.05, 3.63) is 194 Å². The first-order valence-electron chi connectivity index (χ1n) is 19.2. The molecule has 0 aliphatic heterocycles. The first-order chi connectivity index (χ1) is 28.3. The molecule has 8 aromatic carbocycles. The Morgan fingerprint density at radius 1 is 0.351 bits per heavy atom. The Hall–Kier alpha value is -7.76. The first-order valence-corrected chi connectivity index (χ1v) is 19.2. The van der Waals surface area contributed by atoms with Crippen LogP contribution in [0.4, 0.5) is 0 Å². The summed E-state index contributed by atoms with van der Waals surface area (Å²) < 4.78 is 10.8. The molecule has 0 unspecified atom stereocenters. The number of aromatic nitrogens is 4. The van der Waals surface area contributed by atoms with Gasteiger partial charge in [-0.1, -0.05) is 133 Å². The lowest BCUT2D eigenvalue weighted by atomic mass is 9.98. The molecule has 12 aromatic rings. The lowest BCUT2D eigenvalue weighted by Crippen LogP contribution is -2.04. The smallest absolute Gasteiger partial charge is 0.235 e. The van der Waals surface area contributed by atoms with Crippen LogP contribution >= 0.6 is 0 Å². The minimum absolute atomic E-state index is 0.638. The number of furan rings is 1. The van der Waals surface area contributed by atoms with Gasteiger partial charge in [-0.25, -0.2) is 9.97 Å². The molecule has 12 rings (SSSR count). The minimum Gasteiger partial charge on any atom is -0.456 e. The van der Waals surface area contributed by atoms with Crippen LogP contribution in [0, 0.1) is 0 Å². The van der Waals surface area contributed by atoms with E-state index in [4.69, 9.17) is 14.4 Å². The Bertz CT molecular complexity index is 3460. The summed E-state index contributed by atoms with van der Waals surface area (Å²) in [6, 6.07) is 68.4. The molecule has 0 fully saturated rings. The van der Waals surface area contributed by atoms with Crippen molar-refractivity contribution in [2.45, 2.75) is 0 Å². The third-order valence-corrected chi connectivity index (χ3v) is 11.4. The van der Waals surface area contributed by atoms with Gasteiger partial charge >= 0.3 is 0 Å².